The summed E-state index contributed by atoms with van der Waals surface area (Å²) in [6, 6.07) is 6.37. The number of carbonyl (C=O) groups excluding carboxylic acids is 1. The molecule has 1 saturated heterocycles. The molecule has 0 unspecified atom stereocenters. The zero-order valence-corrected chi connectivity index (χ0v) is 12.2. The monoisotopic (exact) mass is 262 g/mol. The average molecular weight is 262 g/mol. The van der Waals surface area contributed by atoms with Gasteiger partial charge in [-0.15, -0.1) is 0 Å². The van der Waals surface area contributed by atoms with E-state index in [2.05, 4.69) is 32.0 Å². The van der Waals surface area contributed by atoms with E-state index >= 15 is 0 Å². The maximum Gasteiger partial charge on any atom is 0.137 e. The molecule has 1 aliphatic rings. The lowest BCUT2D eigenvalue weighted by molar-refractivity contribution is -0.119. The van der Waals surface area contributed by atoms with Crippen LogP contribution < -0.4 is 0 Å². The summed E-state index contributed by atoms with van der Waals surface area (Å²) in [5.74, 6) is 3.53. The van der Waals surface area contributed by atoms with Gasteiger partial charge in [0.1, 0.15) is 5.78 Å². The Morgan fingerprint density at radius 2 is 1.94 bits per heavy atom. The summed E-state index contributed by atoms with van der Waals surface area (Å²) in [5.41, 5.74) is 3.76. The second-order valence-electron chi connectivity index (χ2n) is 5.39. The van der Waals surface area contributed by atoms with Gasteiger partial charge in [0, 0.05) is 12.8 Å². The van der Waals surface area contributed by atoms with Crippen molar-refractivity contribution in [3.8, 4) is 0 Å². The van der Waals surface area contributed by atoms with Gasteiger partial charge in [-0.3, -0.25) is 4.79 Å². The molecule has 1 aliphatic heterocycles. The lowest BCUT2D eigenvalue weighted by Gasteiger charge is -2.20. The molecule has 0 N–H and O–H groups in total. The minimum atomic E-state index is 0.412. The number of hydrogen-bond donors (Lipinski definition) is 0. The number of benzene rings is 1. The van der Waals surface area contributed by atoms with Crippen molar-refractivity contribution in [2.75, 3.05) is 11.5 Å². The topological polar surface area (TPSA) is 17.1 Å². The highest BCUT2D eigenvalue weighted by atomic mass is 32.2. The number of hydrogen-bond acceptors (Lipinski definition) is 2. The highest BCUT2D eigenvalue weighted by molar-refractivity contribution is 7.99. The smallest absolute Gasteiger partial charge is 0.137 e. The summed E-state index contributed by atoms with van der Waals surface area (Å²) in [5, 5.41) is 0. The minimum Gasteiger partial charge on any atom is -0.299 e. The van der Waals surface area contributed by atoms with Crippen LogP contribution in [0.3, 0.4) is 0 Å². The Balaban J connectivity index is 1.88. The molecular weight excluding hydrogens is 240 g/mol. The first-order valence-electron chi connectivity index (χ1n) is 6.80. The second kappa shape index (κ2) is 6.42. The first-order chi connectivity index (χ1) is 8.65. The minimum absolute atomic E-state index is 0.412. The molecule has 1 nitrogen and oxygen atoms in total. The lowest BCUT2D eigenvalue weighted by Crippen LogP contribution is -2.15. The Labute approximate surface area is 114 Å². The van der Waals surface area contributed by atoms with Gasteiger partial charge >= 0.3 is 0 Å². The zero-order valence-electron chi connectivity index (χ0n) is 11.4. The fraction of sp³-hybridized carbons (Fsp3) is 0.562. The molecule has 98 valence electrons. The number of thioether (sulfide) groups is 1. The van der Waals surface area contributed by atoms with Crippen LogP contribution in [-0.4, -0.2) is 17.3 Å². The van der Waals surface area contributed by atoms with E-state index in [0.29, 0.717) is 18.1 Å². The molecule has 0 aromatic heterocycles. The first kappa shape index (κ1) is 13.7. The van der Waals surface area contributed by atoms with E-state index in [-0.39, 0.29) is 0 Å². The molecule has 0 amide bonds. The van der Waals surface area contributed by atoms with Crippen molar-refractivity contribution in [1.29, 1.82) is 0 Å². The third-order valence-corrected chi connectivity index (χ3v) is 4.88. The summed E-state index contributed by atoms with van der Waals surface area (Å²) in [4.78, 5) is 12.1. The third kappa shape index (κ3) is 3.88. The van der Waals surface area contributed by atoms with E-state index in [0.717, 1.165) is 6.42 Å². The summed E-state index contributed by atoms with van der Waals surface area (Å²) in [6.45, 7) is 4.22. The number of aryl methyl sites for hydroxylation is 2. The summed E-state index contributed by atoms with van der Waals surface area (Å²) in [7, 11) is 0. The molecule has 18 heavy (non-hydrogen) atoms. The highest BCUT2D eigenvalue weighted by Crippen LogP contribution is 2.26. The predicted octanol–water partition coefficient (Wildman–Crippen LogP) is 3.95. The fourth-order valence-corrected chi connectivity index (χ4v) is 3.69. The Bertz CT molecular complexity index is 419. The van der Waals surface area contributed by atoms with Crippen LogP contribution in [0.2, 0.25) is 0 Å². The molecule has 1 aromatic carbocycles. The maximum atomic E-state index is 12.1. The molecule has 1 aromatic rings. The number of carbonyl (C=O) groups is 1. The molecule has 0 bridgehead atoms. The number of Topliss-reactive ketones (excluding diaryl/α,β-unsaturated/α-hetero) is 1. The van der Waals surface area contributed by atoms with Crippen LogP contribution in [0.15, 0.2) is 18.2 Å². The normalized spacial score (nSPS) is 16.8. The summed E-state index contributed by atoms with van der Waals surface area (Å²) in [6.07, 6.45) is 3.85. The van der Waals surface area contributed by atoms with Crippen molar-refractivity contribution in [2.45, 2.75) is 39.5 Å². The van der Waals surface area contributed by atoms with Crippen molar-refractivity contribution >= 4 is 17.5 Å². The van der Waals surface area contributed by atoms with Gasteiger partial charge in [-0.05, 0) is 60.8 Å². The molecule has 0 aliphatic carbocycles. The van der Waals surface area contributed by atoms with Gasteiger partial charge in [-0.2, -0.15) is 11.8 Å². The van der Waals surface area contributed by atoms with Gasteiger partial charge in [-0.1, -0.05) is 18.2 Å². The van der Waals surface area contributed by atoms with E-state index in [4.69, 9.17) is 0 Å². The van der Waals surface area contributed by atoms with Crippen molar-refractivity contribution in [3.63, 3.8) is 0 Å². The van der Waals surface area contributed by atoms with Gasteiger partial charge in [0.15, 0.2) is 0 Å². The number of rotatable bonds is 4. The van der Waals surface area contributed by atoms with Gasteiger partial charge in [0.05, 0.1) is 0 Å². The van der Waals surface area contributed by atoms with Crippen LogP contribution in [0.5, 0.6) is 0 Å². The average Bonchev–Trinajstić information content (AvgIpc) is 2.35. The standard InChI is InChI=1S/C16H22OS/c1-12-3-4-15(9-13(12)2)11-16(17)10-14-5-7-18-8-6-14/h3-4,9,14H,5-8,10-11H2,1-2H3. The molecule has 1 heterocycles. The largest absolute Gasteiger partial charge is 0.299 e. The highest BCUT2D eigenvalue weighted by Gasteiger charge is 2.17. The quantitative estimate of drug-likeness (QED) is 0.817. The summed E-state index contributed by atoms with van der Waals surface area (Å²) >= 11 is 2.02. The molecule has 0 saturated carbocycles. The van der Waals surface area contributed by atoms with Crippen LogP contribution in [0.1, 0.15) is 36.0 Å². The third-order valence-electron chi connectivity index (χ3n) is 3.83. The summed E-state index contributed by atoms with van der Waals surface area (Å²) < 4.78 is 0. The van der Waals surface area contributed by atoms with Crippen molar-refractivity contribution in [3.05, 3.63) is 34.9 Å². The second-order valence-corrected chi connectivity index (χ2v) is 6.62. The molecular formula is C16H22OS. The molecule has 2 rings (SSSR count). The Morgan fingerprint density at radius 3 is 2.61 bits per heavy atom. The molecule has 1 fully saturated rings. The van der Waals surface area contributed by atoms with E-state index in [1.54, 1.807) is 0 Å². The van der Waals surface area contributed by atoms with E-state index in [9.17, 15) is 4.79 Å². The molecule has 0 radical (unpaired) electrons. The van der Waals surface area contributed by atoms with E-state index in [1.165, 1.54) is 41.0 Å². The lowest BCUT2D eigenvalue weighted by atomic mass is 9.93. The Morgan fingerprint density at radius 1 is 1.22 bits per heavy atom. The predicted molar refractivity (Wildman–Crippen MR) is 79.3 cm³/mol. The van der Waals surface area contributed by atoms with Crippen LogP contribution in [0.25, 0.3) is 0 Å². The molecule has 0 spiro atoms. The first-order valence-corrected chi connectivity index (χ1v) is 7.96. The van der Waals surface area contributed by atoms with Crippen LogP contribution in [-0.2, 0) is 11.2 Å². The van der Waals surface area contributed by atoms with Crippen molar-refractivity contribution < 1.29 is 4.79 Å². The fourth-order valence-electron chi connectivity index (χ4n) is 2.49. The van der Waals surface area contributed by atoms with Gasteiger partial charge in [0.25, 0.3) is 0 Å². The van der Waals surface area contributed by atoms with E-state index < -0.39 is 0 Å². The van der Waals surface area contributed by atoms with Gasteiger partial charge in [0.2, 0.25) is 0 Å². The van der Waals surface area contributed by atoms with Crippen LogP contribution in [0, 0.1) is 19.8 Å². The van der Waals surface area contributed by atoms with Crippen LogP contribution in [0.4, 0.5) is 0 Å². The SMILES string of the molecule is Cc1ccc(CC(=O)CC2CCSCC2)cc1C. The Kier molecular flexibility index (Phi) is 4.87. The van der Waals surface area contributed by atoms with Crippen molar-refractivity contribution in [1.82, 2.24) is 0 Å². The Hall–Kier alpha value is -0.760. The van der Waals surface area contributed by atoms with Crippen LogP contribution >= 0.6 is 11.8 Å². The van der Waals surface area contributed by atoms with Gasteiger partial charge in [-0.25, -0.2) is 0 Å². The zero-order chi connectivity index (χ0) is 13.0. The van der Waals surface area contributed by atoms with E-state index in [1.807, 2.05) is 11.8 Å². The van der Waals surface area contributed by atoms with Crippen molar-refractivity contribution in [2.24, 2.45) is 5.92 Å². The molecule has 0 atom stereocenters. The molecule has 2 heteroatoms. The maximum absolute atomic E-state index is 12.1. The van der Waals surface area contributed by atoms with Gasteiger partial charge < -0.3 is 0 Å². The number of ketones is 1.